The first-order valence-corrected chi connectivity index (χ1v) is 11.3. The van der Waals surface area contributed by atoms with Gasteiger partial charge in [0, 0.05) is 56.2 Å². The van der Waals surface area contributed by atoms with Gasteiger partial charge in [-0.25, -0.2) is 0 Å². The Morgan fingerprint density at radius 1 is 1.31 bits per heavy atom. The molecule has 2 atom stereocenters. The van der Waals surface area contributed by atoms with E-state index in [1.54, 1.807) is 13.4 Å². The average Bonchev–Trinajstić information content (AvgIpc) is 3.54. The average molecular weight is 575 g/mol. The third kappa shape index (κ3) is 6.92. The number of nitrogens with zero attached hydrogens (tertiary/aromatic N) is 2. The molecule has 1 aromatic carbocycles. The van der Waals surface area contributed by atoms with Gasteiger partial charge in [-0.2, -0.15) is 0 Å². The second-order valence-corrected chi connectivity index (χ2v) is 8.50. The number of furan rings is 1. The lowest BCUT2D eigenvalue weighted by atomic mass is 10.1. The fourth-order valence-electron chi connectivity index (χ4n) is 4.06. The molecule has 1 aromatic heterocycles. The summed E-state index contributed by atoms with van der Waals surface area (Å²) in [7, 11) is 1.69. The molecule has 176 valence electrons. The van der Waals surface area contributed by atoms with Gasteiger partial charge in [0.15, 0.2) is 5.96 Å². The molecular formula is C23H32ClIN4O3. The van der Waals surface area contributed by atoms with Gasteiger partial charge in [-0.15, -0.1) is 24.0 Å². The Kier molecular flexibility index (Phi) is 9.80. The molecule has 0 spiro atoms. The first-order valence-electron chi connectivity index (χ1n) is 10.9. The second-order valence-electron chi connectivity index (χ2n) is 8.07. The monoisotopic (exact) mass is 574 g/mol. The first-order chi connectivity index (χ1) is 15.2. The lowest BCUT2D eigenvalue weighted by Crippen LogP contribution is -2.45. The lowest BCUT2D eigenvalue weighted by Gasteiger charge is -2.22. The molecule has 0 radical (unpaired) electrons. The number of anilines is 1. The molecule has 9 heteroatoms. The van der Waals surface area contributed by atoms with Crippen LogP contribution in [0.1, 0.15) is 18.6 Å². The van der Waals surface area contributed by atoms with Crippen molar-refractivity contribution >= 4 is 47.2 Å². The van der Waals surface area contributed by atoms with Gasteiger partial charge in [-0.05, 0) is 43.2 Å². The zero-order valence-electron chi connectivity index (χ0n) is 18.4. The smallest absolute Gasteiger partial charge is 0.191 e. The second kappa shape index (κ2) is 12.6. The van der Waals surface area contributed by atoms with E-state index < -0.39 is 0 Å². The van der Waals surface area contributed by atoms with Crippen LogP contribution in [0.15, 0.2) is 46.0 Å². The molecule has 0 aliphatic carbocycles. The zero-order chi connectivity index (χ0) is 21.5. The fourth-order valence-corrected chi connectivity index (χ4v) is 4.23. The maximum atomic E-state index is 6.23. The number of halogens is 2. The minimum absolute atomic E-state index is 0. The molecule has 2 aliphatic heterocycles. The van der Waals surface area contributed by atoms with Gasteiger partial charge >= 0.3 is 0 Å². The number of aliphatic imine (C=N–C) groups is 1. The summed E-state index contributed by atoms with van der Waals surface area (Å²) in [5, 5.41) is 7.81. The summed E-state index contributed by atoms with van der Waals surface area (Å²) in [6.45, 7) is 4.98. The molecule has 4 rings (SSSR count). The summed E-state index contributed by atoms with van der Waals surface area (Å²) in [6.07, 6.45) is 4.62. The van der Waals surface area contributed by atoms with Crippen LogP contribution >= 0.6 is 35.6 Å². The Morgan fingerprint density at radius 2 is 2.22 bits per heavy atom. The number of rotatable bonds is 8. The van der Waals surface area contributed by atoms with Crippen LogP contribution in [0.3, 0.4) is 0 Å². The molecule has 0 saturated carbocycles. The van der Waals surface area contributed by atoms with Crippen molar-refractivity contribution in [2.24, 2.45) is 10.9 Å². The minimum atomic E-state index is 0. The van der Waals surface area contributed by atoms with E-state index in [0.717, 1.165) is 81.8 Å². The van der Waals surface area contributed by atoms with Crippen molar-refractivity contribution < 1.29 is 13.9 Å². The van der Waals surface area contributed by atoms with Crippen molar-refractivity contribution in [2.45, 2.75) is 25.3 Å². The van der Waals surface area contributed by atoms with Gasteiger partial charge in [-0.3, -0.25) is 4.99 Å². The summed E-state index contributed by atoms with van der Waals surface area (Å²) < 4.78 is 16.5. The lowest BCUT2D eigenvalue weighted by molar-refractivity contribution is 0.187. The van der Waals surface area contributed by atoms with Gasteiger partial charge in [0.05, 0.1) is 25.7 Å². The van der Waals surface area contributed by atoms with Gasteiger partial charge in [0.25, 0.3) is 0 Å². The standard InChI is InChI=1S/C23H31ClN4O3.HI/c1-29-22-5-4-18(24)13-21(22)28-10-7-19(15-28)27-23(26-14-17-8-12-30-16-17)25-9-6-20-3-2-11-31-20;/h2-5,11,13,17,19H,6-10,12,14-16H2,1H3,(H2,25,26,27);1H. The Morgan fingerprint density at radius 3 is 2.97 bits per heavy atom. The van der Waals surface area contributed by atoms with Gasteiger partial charge in [-0.1, -0.05) is 11.6 Å². The van der Waals surface area contributed by atoms with Crippen LogP contribution in [0.2, 0.25) is 5.02 Å². The molecule has 0 amide bonds. The van der Waals surface area contributed by atoms with Crippen LogP contribution < -0.4 is 20.3 Å². The van der Waals surface area contributed by atoms with E-state index in [1.165, 1.54) is 0 Å². The van der Waals surface area contributed by atoms with Crippen molar-refractivity contribution in [2.75, 3.05) is 51.4 Å². The molecule has 2 saturated heterocycles. The van der Waals surface area contributed by atoms with E-state index in [2.05, 4.69) is 15.5 Å². The predicted octanol–water partition coefficient (Wildman–Crippen LogP) is 3.95. The zero-order valence-corrected chi connectivity index (χ0v) is 21.5. The van der Waals surface area contributed by atoms with Crippen LogP contribution in [-0.2, 0) is 11.2 Å². The quantitative estimate of drug-likeness (QED) is 0.283. The number of methoxy groups -OCH3 is 1. The highest BCUT2D eigenvalue weighted by atomic mass is 127. The Labute approximate surface area is 211 Å². The number of hydrogen-bond acceptors (Lipinski definition) is 5. The Bertz CT molecular complexity index is 859. The molecule has 2 aromatic rings. The SMILES string of the molecule is COc1ccc(Cl)cc1N1CCC(NC(=NCC2CCOC2)NCCc2ccco2)C1.I. The van der Waals surface area contributed by atoms with Crippen molar-refractivity contribution in [3.05, 3.63) is 47.4 Å². The minimum Gasteiger partial charge on any atom is -0.495 e. The normalized spacial score (nSPS) is 20.8. The van der Waals surface area contributed by atoms with Crippen LogP contribution in [0.4, 0.5) is 5.69 Å². The highest BCUT2D eigenvalue weighted by molar-refractivity contribution is 14.0. The number of nitrogens with one attached hydrogen (secondary N) is 2. The number of benzene rings is 1. The topological polar surface area (TPSA) is 71.3 Å². The molecule has 3 heterocycles. The highest BCUT2D eigenvalue weighted by Gasteiger charge is 2.26. The molecule has 2 N–H and O–H groups in total. The molecule has 32 heavy (non-hydrogen) atoms. The maximum absolute atomic E-state index is 6.23. The fraction of sp³-hybridized carbons (Fsp3) is 0.522. The Hall–Kier alpha value is -1.65. The number of ether oxygens (including phenoxy) is 2. The van der Waals surface area contributed by atoms with E-state index in [9.17, 15) is 0 Å². The maximum Gasteiger partial charge on any atom is 0.191 e. The number of guanidine groups is 1. The van der Waals surface area contributed by atoms with Gasteiger partial charge in [0.2, 0.25) is 0 Å². The first kappa shape index (κ1) is 25.0. The largest absolute Gasteiger partial charge is 0.495 e. The highest BCUT2D eigenvalue weighted by Crippen LogP contribution is 2.33. The summed E-state index contributed by atoms with van der Waals surface area (Å²) in [6, 6.07) is 9.95. The van der Waals surface area contributed by atoms with Crippen molar-refractivity contribution in [1.82, 2.24) is 10.6 Å². The molecule has 2 unspecified atom stereocenters. The Balaban J connectivity index is 0.00000289. The molecule has 7 nitrogen and oxygen atoms in total. The summed E-state index contributed by atoms with van der Waals surface area (Å²) in [4.78, 5) is 7.17. The van der Waals surface area contributed by atoms with E-state index in [0.29, 0.717) is 17.0 Å². The van der Waals surface area contributed by atoms with Crippen LogP contribution in [-0.4, -0.2) is 58.5 Å². The van der Waals surface area contributed by atoms with Crippen LogP contribution in [0.5, 0.6) is 5.75 Å². The molecule has 2 fully saturated rings. The van der Waals surface area contributed by atoms with E-state index >= 15 is 0 Å². The summed E-state index contributed by atoms with van der Waals surface area (Å²) in [5.41, 5.74) is 1.03. The van der Waals surface area contributed by atoms with Gasteiger partial charge < -0.3 is 29.4 Å². The predicted molar refractivity (Wildman–Crippen MR) is 139 cm³/mol. The van der Waals surface area contributed by atoms with E-state index in [4.69, 9.17) is 30.5 Å². The molecular weight excluding hydrogens is 543 g/mol. The third-order valence-electron chi connectivity index (χ3n) is 5.79. The third-order valence-corrected chi connectivity index (χ3v) is 6.02. The van der Waals surface area contributed by atoms with Crippen molar-refractivity contribution in [1.29, 1.82) is 0 Å². The molecule has 2 aliphatic rings. The van der Waals surface area contributed by atoms with Gasteiger partial charge in [0.1, 0.15) is 11.5 Å². The molecule has 0 bridgehead atoms. The summed E-state index contributed by atoms with van der Waals surface area (Å²) >= 11 is 6.23. The summed E-state index contributed by atoms with van der Waals surface area (Å²) in [5.74, 6) is 3.16. The van der Waals surface area contributed by atoms with Crippen LogP contribution in [0, 0.1) is 5.92 Å². The van der Waals surface area contributed by atoms with Crippen molar-refractivity contribution in [3.63, 3.8) is 0 Å². The van der Waals surface area contributed by atoms with Crippen LogP contribution in [0.25, 0.3) is 0 Å². The van der Waals surface area contributed by atoms with E-state index in [1.807, 2.05) is 30.3 Å². The van der Waals surface area contributed by atoms with E-state index in [-0.39, 0.29) is 24.0 Å². The number of hydrogen-bond donors (Lipinski definition) is 2. The van der Waals surface area contributed by atoms with Crippen molar-refractivity contribution in [3.8, 4) is 5.75 Å².